The van der Waals surface area contributed by atoms with Crippen LogP contribution in [0.25, 0.3) is 0 Å². The maximum Gasteiger partial charge on any atom is 0.225 e. The summed E-state index contributed by atoms with van der Waals surface area (Å²) in [7, 11) is 0. The summed E-state index contributed by atoms with van der Waals surface area (Å²) < 4.78 is 19.2. The van der Waals surface area contributed by atoms with E-state index in [1.807, 2.05) is 0 Å². The molecule has 19 heavy (non-hydrogen) atoms. The minimum absolute atomic E-state index is 0.371. The highest BCUT2D eigenvalue weighted by Crippen LogP contribution is 2.24. The van der Waals surface area contributed by atoms with Crippen LogP contribution in [-0.4, -0.2) is 16.5 Å². The van der Waals surface area contributed by atoms with Crippen LogP contribution in [0.5, 0.6) is 11.6 Å². The lowest BCUT2D eigenvalue weighted by molar-refractivity contribution is 0.457. The molecule has 1 heterocycles. The van der Waals surface area contributed by atoms with Crippen molar-refractivity contribution in [2.24, 2.45) is 0 Å². The summed E-state index contributed by atoms with van der Waals surface area (Å²) in [6.45, 7) is 2.84. The van der Waals surface area contributed by atoms with E-state index >= 15 is 0 Å². The van der Waals surface area contributed by atoms with Crippen LogP contribution in [0, 0.1) is 5.82 Å². The zero-order chi connectivity index (χ0) is 13.7. The van der Waals surface area contributed by atoms with Crippen molar-refractivity contribution >= 4 is 21.9 Å². The van der Waals surface area contributed by atoms with E-state index in [0.29, 0.717) is 22.1 Å². The molecule has 1 aromatic heterocycles. The van der Waals surface area contributed by atoms with Gasteiger partial charge in [0.05, 0.1) is 4.47 Å². The molecule has 2 rings (SSSR count). The van der Waals surface area contributed by atoms with Crippen LogP contribution in [0.4, 0.5) is 10.3 Å². The first-order valence-corrected chi connectivity index (χ1v) is 6.68. The number of rotatable bonds is 5. The Morgan fingerprint density at radius 3 is 2.95 bits per heavy atom. The minimum atomic E-state index is -0.379. The Bertz CT molecular complexity index is 565. The predicted molar refractivity (Wildman–Crippen MR) is 75.0 cm³/mol. The Balaban J connectivity index is 2.11. The molecule has 0 fully saturated rings. The van der Waals surface area contributed by atoms with Gasteiger partial charge >= 0.3 is 0 Å². The van der Waals surface area contributed by atoms with Crippen molar-refractivity contribution in [1.29, 1.82) is 0 Å². The second kappa shape index (κ2) is 6.47. The van der Waals surface area contributed by atoms with Gasteiger partial charge < -0.3 is 10.1 Å². The Morgan fingerprint density at radius 2 is 2.21 bits per heavy atom. The predicted octanol–water partition coefficient (Wildman–Crippen LogP) is 3.99. The molecule has 0 saturated carbocycles. The number of anilines is 1. The monoisotopic (exact) mass is 325 g/mol. The SMILES string of the molecule is CCCNc1nccc(Oc2ccc(Br)c(F)c2)n1. The lowest BCUT2D eigenvalue weighted by atomic mass is 10.3. The van der Waals surface area contributed by atoms with Crippen molar-refractivity contribution in [3.63, 3.8) is 0 Å². The second-order valence-electron chi connectivity index (χ2n) is 3.82. The van der Waals surface area contributed by atoms with Crippen LogP contribution in [-0.2, 0) is 0 Å². The molecule has 1 N–H and O–H groups in total. The van der Waals surface area contributed by atoms with Crippen LogP contribution in [0.1, 0.15) is 13.3 Å². The Hall–Kier alpha value is -1.69. The van der Waals surface area contributed by atoms with Gasteiger partial charge in [-0.15, -0.1) is 0 Å². The van der Waals surface area contributed by atoms with Crippen molar-refractivity contribution < 1.29 is 9.13 Å². The van der Waals surface area contributed by atoms with Crippen molar-refractivity contribution in [2.75, 3.05) is 11.9 Å². The van der Waals surface area contributed by atoms with Gasteiger partial charge in [0.2, 0.25) is 11.8 Å². The highest BCUT2D eigenvalue weighted by molar-refractivity contribution is 9.10. The minimum Gasteiger partial charge on any atom is -0.439 e. The standard InChI is InChI=1S/C13H13BrFN3O/c1-2-6-16-13-17-7-5-12(18-13)19-9-3-4-10(14)11(15)8-9/h3-5,7-8H,2,6H2,1H3,(H,16,17,18). The number of hydrogen-bond donors (Lipinski definition) is 1. The van der Waals surface area contributed by atoms with Gasteiger partial charge in [-0.25, -0.2) is 9.37 Å². The fraction of sp³-hybridized carbons (Fsp3) is 0.231. The molecule has 0 aliphatic heterocycles. The van der Waals surface area contributed by atoms with E-state index in [0.717, 1.165) is 13.0 Å². The molecule has 0 atom stereocenters. The van der Waals surface area contributed by atoms with Gasteiger partial charge in [0.1, 0.15) is 11.6 Å². The fourth-order valence-corrected chi connectivity index (χ4v) is 1.63. The van der Waals surface area contributed by atoms with E-state index in [1.165, 1.54) is 6.07 Å². The van der Waals surface area contributed by atoms with Gasteiger partial charge in [-0.2, -0.15) is 4.98 Å². The summed E-state index contributed by atoms with van der Waals surface area (Å²) in [6.07, 6.45) is 2.57. The molecule has 0 aliphatic rings. The van der Waals surface area contributed by atoms with Gasteiger partial charge in [0.25, 0.3) is 0 Å². The summed E-state index contributed by atoms with van der Waals surface area (Å²) in [5, 5.41) is 3.06. The summed E-state index contributed by atoms with van der Waals surface area (Å²) in [6, 6.07) is 6.17. The third-order valence-corrected chi connectivity index (χ3v) is 2.92. The average Bonchev–Trinajstić information content (AvgIpc) is 2.41. The van der Waals surface area contributed by atoms with Gasteiger partial charge in [-0.05, 0) is 34.5 Å². The Kier molecular flexibility index (Phi) is 4.68. The van der Waals surface area contributed by atoms with Crippen molar-refractivity contribution in [2.45, 2.75) is 13.3 Å². The van der Waals surface area contributed by atoms with E-state index in [4.69, 9.17) is 4.74 Å². The number of aromatic nitrogens is 2. The molecule has 0 unspecified atom stereocenters. The fourth-order valence-electron chi connectivity index (χ4n) is 1.38. The lowest BCUT2D eigenvalue weighted by Gasteiger charge is -2.07. The molecule has 0 saturated heterocycles. The third kappa shape index (κ3) is 3.89. The highest BCUT2D eigenvalue weighted by atomic mass is 79.9. The van der Waals surface area contributed by atoms with Crippen LogP contribution in [0.3, 0.4) is 0 Å². The number of ether oxygens (including phenoxy) is 1. The zero-order valence-electron chi connectivity index (χ0n) is 10.4. The van der Waals surface area contributed by atoms with Gasteiger partial charge in [0.15, 0.2) is 0 Å². The molecule has 4 nitrogen and oxygen atoms in total. The van der Waals surface area contributed by atoms with Gasteiger partial charge in [-0.1, -0.05) is 6.92 Å². The molecular formula is C13H13BrFN3O. The number of hydrogen-bond acceptors (Lipinski definition) is 4. The number of nitrogens with zero attached hydrogens (tertiary/aromatic N) is 2. The molecule has 2 aromatic rings. The van der Waals surface area contributed by atoms with Crippen LogP contribution < -0.4 is 10.1 Å². The molecule has 0 aliphatic carbocycles. The van der Waals surface area contributed by atoms with Crippen LogP contribution in [0.15, 0.2) is 34.9 Å². The average molecular weight is 326 g/mol. The number of halogens is 2. The molecular weight excluding hydrogens is 313 g/mol. The molecule has 0 bridgehead atoms. The topological polar surface area (TPSA) is 47.0 Å². The maximum atomic E-state index is 13.4. The molecule has 6 heteroatoms. The first-order valence-electron chi connectivity index (χ1n) is 5.89. The largest absolute Gasteiger partial charge is 0.439 e. The van der Waals surface area contributed by atoms with E-state index in [1.54, 1.807) is 24.4 Å². The van der Waals surface area contributed by atoms with Gasteiger partial charge in [-0.3, -0.25) is 0 Å². The first-order chi connectivity index (χ1) is 9.19. The summed E-state index contributed by atoms with van der Waals surface area (Å²) >= 11 is 3.09. The molecule has 1 aromatic carbocycles. The normalized spacial score (nSPS) is 10.3. The summed E-state index contributed by atoms with van der Waals surface area (Å²) in [4.78, 5) is 8.25. The van der Waals surface area contributed by atoms with Crippen molar-refractivity contribution in [3.8, 4) is 11.6 Å². The molecule has 100 valence electrons. The molecule has 0 spiro atoms. The second-order valence-corrected chi connectivity index (χ2v) is 4.68. The molecule has 0 amide bonds. The maximum absolute atomic E-state index is 13.4. The van der Waals surface area contributed by atoms with E-state index in [2.05, 4.69) is 38.1 Å². The van der Waals surface area contributed by atoms with E-state index in [9.17, 15) is 4.39 Å². The quantitative estimate of drug-likeness (QED) is 0.902. The Morgan fingerprint density at radius 1 is 1.37 bits per heavy atom. The van der Waals surface area contributed by atoms with Crippen molar-refractivity contribution in [3.05, 3.63) is 40.8 Å². The van der Waals surface area contributed by atoms with Crippen LogP contribution in [0.2, 0.25) is 0 Å². The van der Waals surface area contributed by atoms with Gasteiger partial charge in [0, 0.05) is 24.9 Å². The van der Waals surface area contributed by atoms with E-state index < -0.39 is 0 Å². The lowest BCUT2D eigenvalue weighted by Crippen LogP contribution is -2.04. The van der Waals surface area contributed by atoms with Crippen molar-refractivity contribution in [1.82, 2.24) is 9.97 Å². The van der Waals surface area contributed by atoms with E-state index in [-0.39, 0.29) is 5.82 Å². The number of nitrogens with one attached hydrogen (secondary N) is 1. The summed E-state index contributed by atoms with van der Waals surface area (Å²) in [5.74, 6) is 0.879. The molecule has 0 radical (unpaired) electrons. The zero-order valence-corrected chi connectivity index (χ0v) is 11.9. The number of benzene rings is 1. The van der Waals surface area contributed by atoms with Crippen LogP contribution >= 0.6 is 15.9 Å². The first kappa shape index (κ1) is 13.7. The highest BCUT2D eigenvalue weighted by Gasteiger charge is 2.04. The third-order valence-electron chi connectivity index (χ3n) is 2.28. The Labute approximate surface area is 119 Å². The summed E-state index contributed by atoms with van der Waals surface area (Å²) in [5.41, 5.74) is 0. The smallest absolute Gasteiger partial charge is 0.225 e.